The Bertz CT molecular complexity index is 1040. The zero-order valence-electron chi connectivity index (χ0n) is 18.6. The Morgan fingerprint density at radius 1 is 1.16 bits per heavy atom. The average Bonchev–Trinajstić information content (AvgIpc) is 2.80. The monoisotopic (exact) mass is 419 g/mol. The van der Waals surface area contributed by atoms with Gasteiger partial charge < -0.3 is 14.8 Å². The molecule has 1 fully saturated rings. The van der Waals surface area contributed by atoms with Crippen LogP contribution < -0.4 is 10.1 Å². The molecule has 0 aliphatic carbocycles. The molecule has 4 rings (SSSR count). The summed E-state index contributed by atoms with van der Waals surface area (Å²) in [7, 11) is 1.73. The molecule has 0 bridgehead atoms. The van der Waals surface area contributed by atoms with Gasteiger partial charge >= 0.3 is 0 Å². The molecular formula is C24H29N5O2. The van der Waals surface area contributed by atoms with Crippen molar-refractivity contribution in [1.29, 1.82) is 0 Å². The van der Waals surface area contributed by atoms with Crippen molar-refractivity contribution in [3.05, 3.63) is 70.8 Å². The molecule has 3 aromatic rings. The van der Waals surface area contributed by atoms with Crippen LogP contribution in [0.2, 0.25) is 0 Å². The second kappa shape index (κ2) is 9.41. The SMILES string of the molecule is COc1cc(C)c(CN2CCOC(c3cccc(Nc4cnccn4)n3)C2)c(C)c1C. The lowest BCUT2D eigenvalue weighted by atomic mass is 9.96. The third kappa shape index (κ3) is 4.84. The number of pyridine rings is 1. The predicted octanol–water partition coefficient (Wildman–Crippen LogP) is 4.12. The van der Waals surface area contributed by atoms with Crippen LogP contribution in [-0.4, -0.2) is 46.7 Å². The Labute approximate surface area is 183 Å². The molecule has 2 aromatic heterocycles. The van der Waals surface area contributed by atoms with Gasteiger partial charge in [0.15, 0.2) is 0 Å². The summed E-state index contributed by atoms with van der Waals surface area (Å²) in [4.78, 5) is 15.5. The highest BCUT2D eigenvalue weighted by atomic mass is 16.5. The first kappa shape index (κ1) is 21.2. The van der Waals surface area contributed by atoms with Gasteiger partial charge in [0.1, 0.15) is 23.5 Å². The standard InChI is InChI=1S/C24H29N5O2/c1-16-12-21(30-4)18(3)17(2)19(16)14-29-10-11-31-22(15-29)20-6-5-7-23(27-20)28-24-13-25-8-9-26-24/h5-9,12-13,22H,10-11,14-15H2,1-4H3,(H,26,27,28). The predicted molar refractivity (Wildman–Crippen MR) is 121 cm³/mol. The van der Waals surface area contributed by atoms with E-state index in [2.05, 4.69) is 47.0 Å². The minimum absolute atomic E-state index is 0.0719. The van der Waals surface area contributed by atoms with Crippen LogP contribution in [-0.2, 0) is 11.3 Å². The molecule has 0 amide bonds. The van der Waals surface area contributed by atoms with Crippen LogP contribution >= 0.6 is 0 Å². The summed E-state index contributed by atoms with van der Waals surface area (Å²) in [6.45, 7) is 9.73. The fourth-order valence-electron chi connectivity index (χ4n) is 4.00. The summed E-state index contributed by atoms with van der Waals surface area (Å²) < 4.78 is 11.6. The number of benzene rings is 1. The molecule has 0 spiro atoms. The van der Waals surface area contributed by atoms with Gasteiger partial charge in [0.25, 0.3) is 0 Å². The van der Waals surface area contributed by atoms with E-state index in [-0.39, 0.29) is 6.10 Å². The van der Waals surface area contributed by atoms with E-state index >= 15 is 0 Å². The first-order valence-electron chi connectivity index (χ1n) is 10.5. The van der Waals surface area contributed by atoms with Gasteiger partial charge in [-0.1, -0.05) is 6.07 Å². The lowest BCUT2D eigenvalue weighted by Crippen LogP contribution is -2.38. The Kier molecular flexibility index (Phi) is 6.44. The molecule has 162 valence electrons. The van der Waals surface area contributed by atoms with Gasteiger partial charge in [0.05, 0.1) is 25.6 Å². The number of hydrogen-bond acceptors (Lipinski definition) is 7. The molecule has 7 nitrogen and oxygen atoms in total. The number of rotatable bonds is 6. The van der Waals surface area contributed by atoms with Gasteiger partial charge in [-0.05, 0) is 61.2 Å². The van der Waals surface area contributed by atoms with E-state index in [1.165, 1.54) is 22.3 Å². The highest BCUT2D eigenvalue weighted by molar-refractivity contribution is 5.50. The third-order valence-corrected chi connectivity index (χ3v) is 5.88. The number of aromatic nitrogens is 3. The average molecular weight is 420 g/mol. The molecule has 0 radical (unpaired) electrons. The minimum Gasteiger partial charge on any atom is -0.496 e. The molecule has 1 unspecified atom stereocenters. The van der Waals surface area contributed by atoms with Crippen molar-refractivity contribution in [2.45, 2.75) is 33.4 Å². The van der Waals surface area contributed by atoms with E-state index in [1.807, 2.05) is 18.2 Å². The van der Waals surface area contributed by atoms with E-state index < -0.39 is 0 Å². The number of hydrogen-bond donors (Lipinski definition) is 1. The molecule has 1 aromatic carbocycles. The number of methoxy groups -OCH3 is 1. The maximum atomic E-state index is 6.08. The second-order valence-corrected chi connectivity index (χ2v) is 7.88. The van der Waals surface area contributed by atoms with E-state index in [0.29, 0.717) is 12.4 Å². The molecule has 31 heavy (non-hydrogen) atoms. The summed E-state index contributed by atoms with van der Waals surface area (Å²) in [5, 5.41) is 3.20. The molecule has 1 saturated heterocycles. The first-order valence-corrected chi connectivity index (χ1v) is 10.5. The Balaban J connectivity index is 1.48. The molecule has 1 atom stereocenters. The highest BCUT2D eigenvalue weighted by Crippen LogP contribution is 2.30. The molecule has 3 heterocycles. The maximum Gasteiger partial charge on any atom is 0.150 e. The Morgan fingerprint density at radius 3 is 2.81 bits per heavy atom. The summed E-state index contributed by atoms with van der Waals surface area (Å²) in [5.74, 6) is 2.35. The van der Waals surface area contributed by atoms with Crippen molar-refractivity contribution in [3.8, 4) is 5.75 Å². The van der Waals surface area contributed by atoms with E-state index in [9.17, 15) is 0 Å². The number of morpholine rings is 1. The van der Waals surface area contributed by atoms with Crippen LogP contribution in [0.1, 0.15) is 34.1 Å². The van der Waals surface area contributed by atoms with Crippen LogP contribution in [0, 0.1) is 20.8 Å². The van der Waals surface area contributed by atoms with E-state index in [1.54, 1.807) is 25.7 Å². The topological polar surface area (TPSA) is 72.4 Å². The molecule has 0 saturated carbocycles. The van der Waals surface area contributed by atoms with Crippen molar-refractivity contribution >= 4 is 11.6 Å². The Morgan fingerprint density at radius 2 is 2.03 bits per heavy atom. The molecule has 1 N–H and O–H groups in total. The van der Waals surface area contributed by atoms with Crippen molar-refractivity contribution in [3.63, 3.8) is 0 Å². The van der Waals surface area contributed by atoms with Gasteiger partial charge in [0.2, 0.25) is 0 Å². The lowest BCUT2D eigenvalue weighted by Gasteiger charge is -2.33. The van der Waals surface area contributed by atoms with Gasteiger partial charge in [0, 0.05) is 32.0 Å². The van der Waals surface area contributed by atoms with Crippen LogP contribution in [0.25, 0.3) is 0 Å². The van der Waals surface area contributed by atoms with Crippen LogP contribution in [0.4, 0.5) is 11.6 Å². The summed E-state index contributed by atoms with van der Waals surface area (Å²) in [6.07, 6.45) is 4.90. The normalized spacial score (nSPS) is 16.8. The zero-order chi connectivity index (χ0) is 21.8. The lowest BCUT2D eigenvalue weighted by molar-refractivity contribution is -0.0350. The van der Waals surface area contributed by atoms with Gasteiger partial charge in [-0.15, -0.1) is 0 Å². The van der Waals surface area contributed by atoms with Crippen LogP contribution in [0.3, 0.4) is 0 Å². The van der Waals surface area contributed by atoms with Gasteiger partial charge in [-0.25, -0.2) is 9.97 Å². The van der Waals surface area contributed by atoms with Crippen LogP contribution in [0.15, 0.2) is 42.9 Å². The van der Waals surface area contributed by atoms with E-state index in [4.69, 9.17) is 14.5 Å². The molecule has 1 aliphatic rings. The van der Waals surface area contributed by atoms with Gasteiger partial charge in [-0.3, -0.25) is 9.88 Å². The smallest absolute Gasteiger partial charge is 0.150 e. The van der Waals surface area contributed by atoms with Crippen molar-refractivity contribution in [2.75, 3.05) is 32.1 Å². The highest BCUT2D eigenvalue weighted by Gasteiger charge is 2.24. The summed E-state index contributed by atoms with van der Waals surface area (Å²) in [5.41, 5.74) is 6.05. The Hall–Kier alpha value is -3.03. The zero-order valence-corrected chi connectivity index (χ0v) is 18.6. The quantitative estimate of drug-likeness (QED) is 0.644. The fourth-order valence-corrected chi connectivity index (χ4v) is 4.00. The minimum atomic E-state index is -0.0719. The van der Waals surface area contributed by atoms with E-state index in [0.717, 1.165) is 36.9 Å². The summed E-state index contributed by atoms with van der Waals surface area (Å²) >= 11 is 0. The first-order chi connectivity index (χ1) is 15.0. The second-order valence-electron chi connectivity index (χ2n) is 7.88. The third-order valence-electron chi connectivity index (χ3n) is 5.88. The molecular weight excluding hydrogens is 390 g/mol. The van der Waals surface area contributed by atoms with Gasteiger partial charge in [-0.2, -0.15) is 0 Å². The number of aryl methyl sites for hydroxylation is 1. The number of nitrogens with one attached hydrogen (secondary N) is 1. The van der Waals surface area contributed by atoms with Crippen molar-refractivity contribution < 1.29 is 9.47 Å². The number of ether oxygens (including phenoxy) is 2. The number of nitrogens with zero attached hydrogens (tertiary/aromatic N) is 4. The molecule has 7 heteroatoms. The summed E-state index contributed by atoms with van der Waals surface area (Å²) in [6, 6.07) is 8.07. The maximum absolute atomic E-state index is 6.08. The molecule has 1 aliphatic heterocycles. The van der Waals surface area contributed by atoms with Crippen molar-refractivity contribution in [2.24, 2.45) is 0 Å². The van der Waals surface area contributed by atoms with Crippen molar-refractivity contribution in [1.82, 2.24) is 19.9 Å². The largest absolute Gasteiger partial charge is 0.496 e. The number of anilines is 2. The fraction of sp³-hybridized carbons (Fsp3) is 0.375. The van der Waals surface area contributed by atoms with Crippen LogP contribution in [0.5, 0.6) is 5.75 Å².